The van der Waals surface area contributed by atoms with Crippen molar-refractivity contribution < 1.29 is 13.9 Å². The fourth-order valence-electron chi connectivity index (χ4n) is 1.99. The Morgan fingerprint density at radius 1 is 1.30 bits per heavy atom. The molecule has 2 rings (SSSR count). The number of hydrogen-bond acceptors (Lipinski definition) is 3. The van der Waals surface area contributed by atoms with Crippen LogP contribution in [0.4, 0.5) is 4.39 Å². The van der Waals surface area contributed by atoms with Gasteiger partial charge >= 0.3 is 0 Å². The number of aldehydes is 1. The topological polar surface area (TPSA) is 50.1 Å². The molecule has 2 aromatic rings. The quantitative estimate of drug-likeness (QED) is 0.797. The monoisotopic (exact) mass is 269 g/mol. The third-order valence-electron chi connectivity index (χ3n) is 2.88. The number of halogens is 1. The van der Waals surface area contributed by atoms with Gasteiger partial charge in [0.25, 0.3) is 0 Å². The third-order valence-corrected chi connectivity index (χ3v) is 2.88. The highest BCUT2D eigenvalue weighted by Gasteiger charge is 2.18. The lowest BCUT2D eigenvalue weighted by Gasteiger charge is -2.13. The normalized spacial score (nSPS) is 9.85. The molecule has 0 aliphatic rings. The first-order valence-corrected chi connectivity index (χ1v) is 6.12. The Hall–Kier alpha value is -2.67. The molecule has 0 atom stereocenters. The summed E-state index contributed by atoms with van der Waals surface area (Å²) < 4.78 is 19.8. The van der Waals surface area contributed by atoms with E-state index >= 15 is 0 Å². The first-order chi connectivity index (χ1) is 9.72. The molecule has 0 aliphatic carbocycles. The molecule has 0 radical (unpaired) electrons. The minimum absolute atomic E-state index is 0.0784. The Morgan fingerprint density at radius 3 is 2.70 bits per heavy atom. The summed E-state index contributed by atoms with van der Waals surface area (Å²) >= 11 is 0. The van der Waals surface area contributed by atoms with Gasteiger partial charge in [-0.3, -0.25) is 4.79 Å². The van der Waals surface area contributed by atoms with Gasteiger partial charge in [0.2, 0.25) is 0 Å². The zero-order valence-electron chi connectivity index (χ0n) is 10.9. The molecule has 0 amide bonds. The van der Waals surface area contributed by atoms with Crippen LogP contribution in [-0.4, -0.2) is 12.9 Å². The molecule has 0 heterocycles. The summed E-state index contributed by atoms with van der Waals surface area (Å²) in [7, 11) is 0. The maximum absolute atomic E-state index is 14.4. The molecule has 0 fully saturated rings. The smallest absolute Gasteiger partial charge is 0.153 e. The van der Waals surface area contributed by atoms with Crippen LogP contribution < -0.4 is 4.74 Å². The summed E-state index contributed by atoms with van der Waals surface area (Å²) in [6, 6.07) is 11.5. The van der Waals surface area contributed by atoms with Crippen molar-refractivity contribution in [2.24, 2.45) is 0 Å². The number of benzene rings is 2. The van der Waals surface area contributed by atoms with Crippen LogP contribution in [0.2, 0.25) is 0 Å². The summed E-state index contributed by atoms with van der Waals surface area (Å²) in [5, 5.41) is 9.14. The summed E-state index contributed by atoms with van der Waals surface area (Å²) in [6.07, 6.45) is 0.434. The number of rotatable bonds is 4. The molecule has 0 spiro atoms. The molecule has 0 saturated carbocycles. The zero-order chi connectivity index (χ0) is 14.5. The van der Waals surface area contributed by atoms with Crippen molar-refractivity contribution in [3.63, 3.8) is 0 Å². The molecule has 3 nitrogen and oxygen atoms in total. The van der Waals surface area contributed by atoms with E-state index in [0.717, 1.165) is 0 Å². The number of nitrogens with zero attached hydrogens (tertiary/aromatic N) is 1. The predicted molar refractivity (Wildman–Crippen MR) is 73.1 cm³/mol. The lowest BCUT2D eigenvalue weighted by molar-refractivity contribution is 0.112. The van der Waals surface area contributed by atoms with E-state index in [1.165, 1.54) is 12.1 Å². The average molecular weight is 269 g/mol. The van der Waals surface area contributed by atoms with E-state index in [4.69, 9.17) is 10.00 Å². The molecule has 4 heteroatoms. The van der Waals surface area contributed by atoms with Gasteiger partial charge in [-0.1, -0.05) is 18.2 Å². The lowest BCUT2D eigenvalue weighted by atomic mass is 9.96. The van der Waals surface area contributed by atoms with Gasteiger partial charge in [0.15, 0.2) is 6.29 Å². The number of hydrogen-bond donors (Lipinski definition) is 0. The highest BCUT2D eigenvalue weighted by Crippen LogP contribution is 2.35. The Bertz CT molecular complexity index is 689. The van der Waals surface area contributed by atoms with E-state index in [-0.39, 0.29) is 16.7 Å². The van der Waals surface area contributed by atoms with Crippen molar-refractivity contribution >= 4 is 6.29 Å². The second kappa shape index (κ2) is 5.98. The summed E-state index contributed by atoms with van der Waals surface area (Å²) in [5.41, 5.74) is 0.652. The fourth-order valence-corrected chi connectivity index (χ4v) is 1.99. The number of para-hydroxylation sites is 1. The van der Waals surface area contributed by atoms with Crippen molar-refractivity contribution in [2.75, 3.05) is 6.61 Å². The second-order valence-corrected chi connectivity index (χ2v) is 4.05. The summed E-state index contributed by atoms with van der Waals surface area (Å²) in [6.45, 7) is 2.24. The van der Waals surface area contributed by atoms with E-state index in [9.17, 15) is 9.18 Å². The SMILES string of the molecule is CCOc1ccccc1-c1c(C#N)ccc(C=O)c1F. The largest absolute Gasteiger partial charge is 0.493 e. The van der Waals surface area contributed by atoms with Crippen LogP contribution in [0.1, 0.15) is 22.8 Å². The Labute approximate surface area is 116 Å². The Kier molecular flexibility index (Phi) is 4.11. The van der Waals surface area contributed by atoms with Crippen molar-refractivity contribution in [1.29, 1.82) is 5.26 Å². The van der Waals surface area contributed by atoms with Gasteiger partial charge in [0.05, 0.1) is 23.8 Å². The number of carbonyl (C=O) groups is 1. The van der Waals surface area contributed by atoms with Crippen LogP contribution in [0.25, 0.3) is 11.1 Å². The van der Waals surface area contributed by atoms with Crippen LogP contribution in [0.5, 0.6) is 5.75 Å². The summed E-state index contributed by atoms with van der Waals surface area (Å²) in [4.78, 5) is 10.9. The van der Waals surface area contributed by atoms with Gasteiger partial charge in [0.1, 0.15) is 11.6 Å². The van der Waals surface area contributed by atoms with E-state index in [1.54, 1.807) is 24.3 Å². The molecule has 0 bridgehead atoms. The molecule has 0 unspecified atom stereocenters. The van der Waals surface area contributed by atoms with Gasteiger partial charge in [-0.15, -0.1) is 0 Å². The fraction of sp³-hybridized carbons (Fsp3) is 0.125. The molecule has 2 aromatic carbocycles. The van der Waals surface area contributed by atoms with Gasteiger partial charge < -0.3 is 4.74 Å². The van der Waals surface area contributed by atoms with E-state index in [1.807, 2.05) is 13.0 Å². The highest BCUT2D eigenvalue weighted by atomic mass is 19.1. The lowest BCUT2D eigenvalue weighted by Crippen LogP contribution is -1.99. The summed E-state index contributed by atoms with van der Waals surface area (Å²) in [5.74, 6) is -0.223. The van der Waals surface area contributed by atoms with Crippen molar-refractivity contribution in [2.45, 2.75) is 6.92 Å². The standard InChI is InChI=1S/C16H12FNO2/c1-2-20-14-6-4-3-5-13(14)15-11(9-18)7-8-12(10-19)16(15)17/h3-8,10H,2H2,1H3. The van der Waals surface area contributed by atoms with Gasteiger partial charge in [-0.25, -0.2) is 4.39 Å². The van der Waals surface area contributed by atoms with E-state index < -0.39 is 5.82 Å². The first-order valence-electron chi connectivity index (χ1n) is 6.12. The highest BCUT2D eigenvalue weighted by molar-refractivity contribution is 5.84. The molecular weight excluding hydrogens is 257 g/mol. The third kappa shape index (κ3) is 2.39. The number of nitriles is 1. The van der Waals surface area contributed by atoms with Crippen molar-refractivity contribution in [3.05, 3.63) is 53.3 Å². The van der Waals surface area contributed by atoms with Gasteiger partial charge in [0, 0.05) is 11.1 Å². The van der Waals surface area contributed by atoms with Gasteiger partial charge in [-0.2, -0.15) is 5.26 Å². The average Bonchev–Trinajstić information content (AvgIpc) is 2.48. The minimum Gasteiger partial charge on any atom is -0.493 e. The molecule has 20 heavy (non-hydrogen) atoms. The molecule has 0 saturated heterocycles. The van der Waals surface area contributed by atoms with Crippen LogP contribution in [0, 0.1) is 17.1 Å². The van der Waals surface area contributed by atoms with Crippen LogP contribution in [-0.2, 0) is 0 Å². The van der Waals surface area contributed by atoms with E-state index in [0.29, 0.717) is 24.2 Å². The van der Waals surface area contributed by atoms with Crippen molar-refractivity contribution in [1.82, 2.24) is 0 Å². The van der Waals surface area contributed by atoms with Gasteiger partial charge in [-0.05, 0) is 25.1 Å². The maximum atomic E-state index is 14.4. The number of ether oxygens (including phenoxy) is 1. The first kappa shape index (κ1) is 13.8. The Balaban J connectivity index is 2.75. The van der Waals surface area contributed by atoms with Crippen LogP contribution in [0.15, 0.2) is 36.4 Å². The zero-order valence-corrected chi connectivity index (χ0v) is 10.9. The van der Waals surface area contributed by atoms with Crippen LogP contribution >= 0.6 is 0 Å². The molecule has 0 aliphatic heterocycles. The maximum Gasteiger partial charge on any atom is 0.153 e. The number of carbonyl (C=O) groups excluding carboxylic acids is 1. The van der Waals surface area contributed by atoms with Crippen molar-refractivity contribution in [3.8, 4) is 22.9 Å². The molecule has 0 N–H and O–H groups in total. The Morgan fingerprint density at radius 2 is 2.05 bits per heavy atom. The predicted octanol–water partition coefficient (Wildman–Crippen LogP) is 3.58. The molecular formula is C16H12FNO2. The molecule has 100 valence electrons. The molecule has 0 aromatic heterocycles. The van der Waals surface area contributed by atoms with E-state index in [2.05, 4.69) is 0 Å². The second-order valence-electron chi connectivity index (χ2n) is 4.05. The van der Waals surface area contributed by atoms with Crippen LogP contribution in [0.3, 0.4) is 0 Å². The minimum atomic E-state index is -0.703.